The van der Waals surface area contributed by atoms with E-state index < -0.39 is 41.5 Å². The normalized spacial score (nSPS) is 30.0. The van der Waals surface area contributed by atoms with Crippen molar-refractivity contribution in [3.05, 3.63) is 0 Å². The van der Waals surface area contributed by atoms with Crippen molar-refractivity contribution in [2.75, 3.05) is 19.7 Å². The van der Waals surface area contributed by atoms with Crippen LogP contribution in [-0.4, -0.2) is 58.0 Å². The highest BCUT2D eigenvalue weighted by molar-refractivity contribution is 5.68. The molecule has 1 saturated carbocycles. The maximum absolute atomic E-state index is 13.5. The third-order valence-corrected chi connectivity index (χ3v) is 5.33. The molecule has 0 radical (unpaired) electrons. The van der Waals surface area contributed by atoms with Gasteiger partial charge in [0, 0.05) is 31.3 Å². The van der Waals surface area contributed by atoms with Gasteiger partial charge < -0.3 is 19.8 Å². The number of piperidine rings is 1. The van der Waals surface area contributed by atoms with Gasteiger partial charge in [0.15, 0.2) is 0 Å². The molecule has 2 fully saturated rings. The summed E-state index contributed by atoms with van der Waals surface area (Å²) in [5.74, 6) is -2.76. The van der Waals surface area contributed by atoms with Gasteiger partial charge in [0.1, 0.15) is 5.60 Å². The van der Waals surface area contributed by atoms with Crippen molar-refractivity contribution in [1.29, 1.82) is 0 Å². The van der Waals surface area contributed by atoms with Gasteiger partial charge in [-0.15, -0.1) is 0 Å². The molecule has 2 N–H and O–H groups in total. The molecule has 0 bridgehead atoms. The molecule has 0 aromatic rings. The van der Waals surface area contributed by atoms with Gasteiger partial charge in [-0.25, -0.2) is 13.6 Å². The van der Waals surface area contributed by atoms with Crippen molar-refractivity contribution in [1.82, 2.24) is 4.90 Å². The molecule has 1 heterocycles. The minimum Gasteiger partial charge on any atom is -0.444 e. The van der Waals surface area contributed by atoms with Crippen LogP contribution < -0.4 is 0 Å². The van der Waals surface area contributed by atoms with Crippen LogP contribution in [0.3, 0.4) is 0 Å². The van der Waals surface area contributed by atoms with E-state index in [4.69, 9.17) is 4.74 Å². The third-order valence-electron chi connectivity index (χ3n) is 5.33. The Hall–Kier alpha value is -0.950. The third kappa shape index (κ3) is 3.99. The Morgan fingerprint density at radius 1 is 1.17 bits per heavy atom. The van der Waals surface area contributed by atoms with Gasteiger partial charge in [0.25, 0.3) is 0 Å². The first-order chi connectivity index (χ1) is 10.9. The maximum atomic E-state index is 13.5. The largest absolute Gasteiger partial charge is 0.444 e. The zero-order chi connectivity index (χ0) is 18.2. The Morgan fingerprint density at radius 2 is 1.75 bits per heavy atom. The molecule has 1 saturated heterocycles. The molecule has 2 rings (SSSR count). The van der Waals surface area contributed by atoms with E-state index in [1.807, 2.05) is 0 Å². The fraction of sp³-hybridized carbons (Fsp3) is 0.941. The van der Waals surface area contributed by atoms with Gasteiger partial charge >= 0.3 is 6.09 Å². The zero-order valence-electron chi connectivity index (χ0n) is 14.8. The minimum absolute atomic E-state index is 0.0667. The first-order valence-corrected chi connectivity index (χ1v) is 8.61. The van der Waals surface area contributed by atoms with E-state index in [2.05, 4.69) is 0 Å². The summed E-state index contributed by atoms with van der Waals surface area (Å²) in [6, 6.07) is 0. The SMILES string of the molecule is CC(C)(C)OC(=O)N1CCCC(CO)(C2(O)CCC(F)(F)CC2)C1. The monoisotopic (exact) mass is 349 g/mol. The van der Waals surface area contributed by atoms with E-state index in [1.165, 1.54) is 4.90 Å². The van der Waals surface area contributed by atoms with Crippen molar-refractivity contribution in [2.45, 2.75) is 76.4 Å². The highest BCUT2D eigenvalue weighted by Crippen LogP contribution is 2.50. The second kappa shape index (κ2) is 6.41. The van der Waals surface area contributed by atoms with E-state index in [0.717, 1.165) is 0 Å². The summed E-state index contributed by atoms with van der Waals surface area (Å²) in [6.07, 6.45) is -0.311. The second-order valence-corrected chi connectivity index (χ2v) is 8.33. The Balaban J connectivity index is 2.15. The lowest BCUT2D eigenvalue weighted by molar-refractivity contribution is -0.186. The summed E-state index contributed by atoms with van der Waals surface area (Å²) in [5.41, 5.74) is -3.00. The molecule has 1 amide bonds. The van der Waals surface area contributed by atoms with E-state index in [-0.39, 0.29) is 26.0 Å². The molecule has 2 aliphatic rings. The standard InChI is InChI=1S/C17H29F2NO4/c1-14(2,3)24-13(22)20-10-4-5-15(11-20,12-21)16(23)6-8-17(18,19)9-7-16/h21,23H,4-12H2,1-3H3. The topological polar surface area (TPSA) is 70.0 Å². The Labute approximate surface area is 142 Å². The zero-order valence-corrected chi connectivity index (χ0v) is 14.8. The van der Waals surface area contributed by atoms with Crippen molar-refractivity contribution in [3.63, 3.8) is 0 Å². The number of rotatable bonds is 2. The molecule has 0 aromatic carbocycles. The highest BCUT2D eigenvalue weighted by Gasteiger charge is 2.56. The van der Waals surface area contributed by atoms with Crippen molar-refractivity contribution in [2.24, 2.45) is 5.41 Å². The number of ether oxygens (including phenoxy) is 1. The number of hydrogen-bond donors (Lipinski definition) is 2. The molecule has 0 spiro atoms. The van der Waals surface area contributed by atoms with Gasteiger partial charge in [-0.2, -0.15) is 0 Å². The number of aliphatic hydroxyl groups is 2. The van der Waals surface area contributed by atoms with Crippen LogP contribution >= 0.6 is 0 Å². The van der Waals surface area contributed by atoms with Crippen molar-refractivity contribution in [3.8, 4) is 0 Å². The summed E-state index contributed by atoms with van der Waals surface area (Å²) in [7, 11) is 0. The van der Waals surface area contributed by atoms with Gasteiger partial charge in [-0.1, -0.05) is 0 Å². The van der Waals surface area contributed by atoms with Crippen LogP contribution in [0.5, 0.6) is 0 Å². The predicted octanol–water partition coefficient (Wildman–Crippen LogP) is 2.94. The number of nitrogens with zero attached hydrogens (tertiary/aromatic N) is 1. The van der Waals surface area contributed by atoms with Crippen LogP contribution in [0.4, 0.5) is 13.6 Å². The molecular formula is C17H29F2NO4. The number of carbonyl (C=O) groups excluding carboxylic acids is 1. The molecule has 1 aliphatic carbocycles. The van der Waals surface area contributed by atoms with Gasteiger partial charge in [-0.3, -0.25) is 0 Å². The Bertz CT molecular complexity index is 468. The van der Waals surface area contributed by atoms with Crippen LogP contribution in [0.2, 0.25) is 0 Å². The lowest BCUT2D eigenvalue weighted by Crippen LogP contribution is -2.61. The average molecular weight is 349 g/mol. The molecule has 24 heavy (non-hydrogen) atoms. The van der Waals surface area contributed by atoms with Gasteiger partial charge in [-0.05, 0) is 46.5 Å². The fourth-order valence-electron chi connectivity index (χ4n) is 3.83. The molecule has 5 nitrogen and oxygen atoms in total. The van der Waals surface area contributed by atoms with Crippen LogP contribution in [0, 0.1) is 5.41 Å². The lowest BCUT2D eigenvalue weighted by atomic mass is 9.61. The molecule has 0 aromatic heterocycles. The minimum atomic E-state index is -2.76. The summed E-state index contributed by atoms with van der Waals surface area (Å²) >= 11 is 0. The number of likely N-dealkylation sites (tertiary alicyclic amines) is 1. The fourth-order valence-corrected chi connectivity index (χ4v) is 3.83. The van der Waals surface area contributed by atoms with E-state index in [1.54, 1.807) is 20.8 Å². The Kier molecular flexibility index (Phi) is 5.17. The van der Waals surface area contributed by atoms with Crippen LogP contribution in [0.1, 0.15) is 59.3 Å². The summed E-state index contributed by atoms with van der Waals surface area (Å²) in [4.78, 5) is 13.8. The first-order valence-electron chi connectivity index (χ1n) is 8.61. The summed E-state index contributed by atoms with van der Waals surface area (Å²) in [6.45, 7) is 5.57. The molecule has 7 heteroatoms. The predicted molar refractivity (Wildman–Crippen MR) is 84.9 cm³/mol. The molecule has 1 atom stereocenters. The number of halogens is 2. The average Bonchev–Trinajstić information content (AvgIpc) is 2.49. The highest BCUT2D eigenvalue weighted by atomic mass is 19.3. The van der Waals surface area contributed by atoms with Gasteiger partial charge in [0.2, 0.25) is 5.92 Å². The molecule has 140 valence electrons. The van der Waals surface area contributed by atoms with Crippen molar-refractivity contribution >= 4 is 6.09 Å². The van der Waals surface area contributed by atoms with Crippen LogP contribution in [-0.2, 0) is 4.74 Å². The van der Waals surface area contributed by atoms with E-state index in [0.29, 0.717) is 19.4 Å². The summed E-state index contributed by atoms with van der Waals surface area (Å²) in [5, 5.41) is 21.0. The number of carbonyl (C=O) groups is 1. The van der Waals surface area contributed by atoms with Crippen molar-refractivity contribution < 1.29 is 28.5 Å². The quantitative estimate of drug-likeness (QED) is 0.804. The number of aliphatic hydroxyl groups excluding tert-OH is 1. The number of amides is 1. The number of alkyl halides is 2. The lowest BCUT2D eigenvalue weighted by Gasteiger charge is -2.53. The maximum Gasteiger partial charge on any atom is 0.410 e. The van der Waals surface area contributed by atoms with E-state index >= 15 is 0 Å². The molecular weight excluding hydrogens is 320 g/mol. The van der Waals surface area contributed by atoms with E-state index in [9.17, 15) is 23.8 Å². The van der Waals surface area contributed by atoms with Crippen LogP contribution in [0.15, 0.2) is 0 Å². The first kappa shape index (κ1) is 19.4. The van der Waals surface area contributed by atoms with Crippen LogP contribution in [0.25, 0.3) is 0 Å². The summed E-state index contributed by atoms with van der Waals surface area (Å²) < 4.78 is 32.3. The smallest absolute Gasteiger partial charge is 0.410 e. The molecule has 1 unspecified atom stereocenters. The van der Waals surface area contributed by atoms with Gasteiger partial charge in [0.05, 0.1) is 12.2 Å². The Morgan fingerprint density at radius 3 is 2.25 bits per heavy atom. The second-order valence-electron chi connectivity index (χ2n) is 8.33. The number of hydrogen-bond acceptors (Lipinski definition) is 4. The molecule has 1 aliphatic heterocycles.